The third-order valence-corrected chi connectivity index (χ3v) is 16.4. The zero-order valence-corrected chi connectivity index (χ0v) is 56.0. The molecule has 3 heterocycles. The molecule has 2 amide bonds. The van der Waals surface area contributed by atoms with E-state index < -0.39 is 152 Å². The van der Waals surface area contributed by atoms with Gasteiger partial charge in [-0.2, -0.15) is 0 Å². The second kappa shape index (κ2) is 32.7. The number of rotatable bonds is 25. The van der Waals surface area contributed by atoms with Crippen LogP contribution in [0.5, 0.6) is 0 Å². The molecule has 7 rings (SSSR count). The third-order valence-electron chi connectivity index (χ3n) is 14.8. The third kappa shape index (κ3) is 21.4. The largest absolute Gasteiger partial charge is 0.465 e. The number of hydrogen-bond donors (Lipinski definition) is 1. The number of esters is 3. The Morgan fingerprint density at radius 3 is 1.38 bits per heavy atom. The Bertz CT molecular complexity index is 3390. The number of fused-ring (bicyclic) bond motifs is 3. The van der Waals surface area contributed by atoms with Gasteiger partial charge in [-0.1, -0.05) is 66.7 Å². The van der Waals surface area contributed by atoms with Crippen LogP contribution in [0.1, 0.15) is 146 Å². The Hall–Kier alpha value is -7.71. The van der Waals surface area contributed by atoms with Crippen molar-refractivity contribution >= 4 is 74.8 Å². The van der Waals surface area contributed by atoms with Crippen molar-refractivity contribution in [2.75, 3.05) is 18.9 Å². The number of nitrogen functional groups attached to an aromatic ring is 1. The molecule has 0 fully saturated rings. The molecule has 4 aromatic carbocycles. The van der Waals surface area contributed by atoms with Crippen LogP contribution in [0, 0.1) is 0 Å². The number of benzene rings is 4. The van der Waals surface area contributed by atoms with Crippen molar-refractivity contribution in [1.29, 1.82) is 0 Å². The fraction of sp³-hybridized carbons (Fsp3) is 0.500. The summed E-state index contributed by atoms with van der Waals surface area (Å²) < 4.78 is 131. The van der Waals surface area contributed by atoms with E-state index in [0.717, 1.165) is 22.3 Å². The SMILES string of the molecule is CCOC(=O)C(CCC(F)F)(CCC(F)F)c1ccc(CC(=O)OC(C)(C)C)c(C(=O)C(=O)N2Cc3ccccc3C2)c1.CCOC(=O)C(CCC(F)F)(CCC(F)F)c1ccc2nc(N)nc(C(=O)N3Cc4ccccc4C3)c2c1.C[Si](C)(C)N=C=N[Si](C)(C)C. The Labute approximate surface area is 534 Å². The van der Waals surface area contributed by atoms with Crippen molar-refractivity contribution in [2.24, 2.45) is 9.32 Å². The predicted octanol–water partition coefficient (Wildman–Crippen LogP) is 14.3. The van der Waals surface area contributed by atoms with Crippen LogP contribution in [-0.2, 0) is 76.8 Å². The zero-order valence-electron chi connectivity index (χ0n) is 54.0. The summed E-state index contributed by atoms with van der Waals surface area (Å²) in [4.78, 5) is 91.4. The lowest BCUT2D eigenvalue weighted by Crippen LogP contribution is -2.39. The molecule has 0 atom stereocenters. The van der Waals surface area contributed by atoms with Gasteiger partial charge in [0.25, 0.3) is 17.6 Å². The molecule has 0 spiro atoms. The fourth-order valence-corrected chi connectivity index (χ4v) is 11.3. The molecule has 0 unspecified atom stereocenters. The van der Waals surface area contributed by atoms with Gasteiger partial charge >= 0.3 is 17.9 Å². The molecule has 2 aliphatic rings. The lowest BCUT2D eigenvalue weighted by molar-refractivity contribution is -0.154. The number of alkyl halides is 8. The maximum Gasteiger partial charge on any atom is 0.316 e. The molecule has 26 heteroatoms. The van der Waals surface area contributed by atoms with Crippen molar-refractivity contribution < 1.29 is 78.1 Å². The number of carbonyl (C=O) groups is 6. The quantitative estimate of drug-likeness (QED) is 0.0110. The van der Waals surface area contributed by atoms with E-state index in [1.165, 1.54) is 48.2 Å². The van der Waals surface area contributed by atoms with E-state index in [1.807, 2.05) is 48.5 Å². The topological polar surface area (TPSA) is 213 Å². The van der Waals surface area contributed by atoms with Gasteiger partial charge in [-0.3, -0.25) is 38.1 Å². The molecule has 2 aliphatic heterocycles. The number of Topliss-reactive ketones (excluding diaryl/α,β-unsaturated/α-hetero) is 1. The highest BCUT2D eigenvalue weighted by Crippen LogP contribution is 2.42. The minimum atomic E-state index is -2.84. The molecule has 0 saturated carbocycles. The molecule has 92 heavy (non-hydrogen) atoms. The molecule has 2 N–H and O–H groups in total. The predicted molar refractivity (Wildman–Crippen MR) is 339 cm³/mol. The highest BCUT2D eigenvalue weighted by atomic mass is 28.3. The normalized spacial score (nSPS) is 13.2. The van der Waals surface area contributed by atoms with E-state index in [1.54, 1.807) is 32.6 Å². The number of amides is 2. The molecule has 1 aromatic heterocycles. The highest BCUT2D eigenvalue weighted by Gasteiger charge is 2.45. The van der Waals surface area contributed by atoms with Gasteiger partial charge in [0.05, 0.1) is 42.0 Å². The summed E-state index contributed by atoms with van der Waals surface area (Å²) in [6.07, 6.45) is -16.5. The monoisotopic (exact) mass is 1330 g/mol. The summed E-state index contributed by atoms with van der Waals surface area (Å²) in [5.41, 5.74) is 5.32. The maximum atomic E-state index is 13.8. The molecular weight excluding hydrogens is 1240 g/mol. The number of ether oxygens (including phenoxy) is 3. The van der Waals surface area contributed by atoms with Gasteiger partial charge in [0.15, 0.2) is 16.5 Å². The lowest BCUT2D eigenvalue weighted by atomic mass is 9.72. The van der Waals surface area contributed by atoms with Crippen LogP contribution < -0.4 is 5.73 Å². The van der Waals surface area contributed by atoms with Gasteiger partial charge in [0.2, 0.25) is 31.7 Å². The van der Waals surface area contributed by atoms with Crippen molar-refractivity contribution in [3.63, 3.8) is 0 Å². The first-order valence-electron chi connectivity index (χ1n) is 30.4. The number of halogens is 8. The number of hydrogen-bond acceptors (Lipinski definition) is 14. The van der Waals surface area contributed by atoms with Crippen molar-refractivity contribution in [3.05, 3.63) is 135 Å². The van der Waals surface area contributed by atoms with Crippen molar-refractivity contribution in [3.8, 4) is 0 Å². The van der Waals surface area contributed by atoms with Crippen LogP contribution in [0.2, 0.25) is 39.3 Å². The number of nitrogens with zero attached hydrogens (tertiary/aromatic N) is 6. The Kier molecular flexibility index (Phi) is 26.7. The summed E-state index contributed by atoms with van der Waals surface area (Å²) in [5.74, 6) is -5.00. The van der Waals surface area contributed by atoms with Crippen LogP contribution in [0.15, 0.2) is 94.2 Å². The Morgan fingerprint density at radius 1 is 0.587 bits per heavy atom. The molecule has 0 radical (unpaired) electrons. The van der Waals surface area contributed by atoms with Crippen molar-refractivity contribution in [1.82, 2.24) is 19.8 Å². The van der Waals surface area contributed by atoms with Gasteiger partial charge in [-0.05, 0) is 157 Å². The second-order valence-electron chi connectivity index (χ2n) is 25.5. The van der Waals surface area contributed by atoms with Crippen LogP contribution >= 0.6 is 0 Å². The summed E-state index contributed by atoms with van der Waals surface area (Å²) in [5, 5.41) is 0.237. The average Bonchev–Trinajstić information content (AvgIpc) is 0.779. The van der Waals surface area contributed by atoms with E-state index in [9.17, 15) is 63.9 Å². The van der Waals surface area contributed by atoms with E-state index >= 15 is 0 Å². The summed E-state index contributed by atoms with van der Waals surface area (Å²) in [7, 11) is -2.63. The van der Waals surface area contributed by atoms with Gasteiger partial charge in [0.1, 0.15) is 11.3 Å². The zero-order chi connectivity index (χ0) is 68.5. The van der Waals surface area contributed by atoms with Gasteiger partial charge in [-0.15, -0.1) is 0 Å². The Morgan fingerprint density at radius 2 is 0.989 bits per heavy atom. The van der Waals surface area contributed by atoms with Crippen LogP contribution in [-0.4, -0.2) is 122 Å². The minimum Gasteiger partial charge on any atom is -0.465 e. The summed E-state index contributed by atoms with van der Waals surface area (Å²) in [6.45, 7) is 22.0. The smallest absolute Gasteiger partial charge is 0.316 e. The molecule has 0 bridgehead atoms. The van der Waals surface area contributed by atoms with Gasteiger partial charge < -0.3 is 29.7 Å². The highest BCUT2D eigenvalue weighted by molar-refractivity contribution is 6.76. The summed E-state index contributed by atoms with van der Waals surface area (Å²) >= 11 is 0. The first-order valence-corrected chi connectivity index (χ1v) is 37.3. The number of aromatic nitrogens is 2. The molecular formula is C66H83F8N7O9Si2. The molecule has 5 aromatic rings. The van der Waals surface area contributed by atoms with E-state index in [4.69, 9.17) is 19.9 Å². The molecule has 16 nitrogen and oxygen atoms in total. The summed E-state index contributed by atoms with van der Waals surface area (Å²) in [6, 6.07) is 26.0. The molecule has 0 saturated heterocycles. The van der Waals surface area contributed by atoms with Gasteiger partial charge in [0, 0.05) is 62.8 Å². The first-order chi connectivity index (χ1) is 43.0. The van der Waals surface area contributed by atoms with E-state index in [-0.39, 0.29) is 65.6 Å². The molecule has 500 valence electrons. The van der Waals surface area contributed by atoms with Crippen LogP contribution in [0.25, 0.3) is 10.9 Å². The first kappa shape index (κ1) is 75.0. The van der Waals surface area contributed by atoms with Crippen LogP contribution in [0.4, 0.5) is 41.1 Å². The minimum absolute atomic E-state index is 0.0253. The molecule has 0 aliphatic carbocycles. The second-order valence-corrected chi connectivity index (χ2v) is 34.6. The number of ketones is 1. The fourth-order valence-electron chi connectivity index (χ4n) is 10.5. The van der Waals surface area contributed by atoms with Gasteiger partial charge in [-0.25, -0.2) is 45.1 Å². The number of nitrogens with two attached hydrogens (primary N) is 1. The standard InChI is InChI=1S/C32H37F4NO6.C27H28F4N4O3.C7H18N2Si2/c1-5-42-30(41)32(14-12-25(33)34,15-13-26(35)36)23-11-10-20(16-27(38)43-31(2,3)4)24(17-23)28(39)29(40)37-18-21-8-6-7-9-22(21)19-37;1-2-38-25(37)27(11-9-21(28)29,12-10-22(30)31)18-7-8-20-19(13-18)23(34-26(32)33-20)24(36)35-14-16-5-3-4-6-17(16)15-35;1-10(2,3)8-7-9-11(4,5)6/h6-11,17,25-26H,5,12-16,18-19H2,1-4H3;3-8,13,21-22H,2,9-12,14-15H2,1H3,(H2,32,33,34);1-6H3. The maximum absolute atomic E-state index is 13.8. The average molecular weight is 1330 g/mol. The van der Waals surface area contributed by atoms with Crippen molar-refractivity contribution in [2.45, 2.75) is 200 Å². The number of anilines is 1. The Balaban J connectivity index is 0.000000288. The number of carbonyl (C=O) groups excluding carboxylic acids is 6. The lowest BCUT2D eigenvalue weighted by Gasteiger charge is -2.33. The van der Waals surface area contributed by atoms with E-state index in [0.29, 0.717) is 18.6 Å². The van der Waals surface area contributed by atoms with E-state index in [2.05, 4.69) is 64.6 Å². The van der Waals surface area contributed by atoms with Crippen LogP contribution in [0.3, 0.4) is 0 Å².